The number of rotatable bonds is 8. The van der Waals surface area contributed by atoms with E-state index in [1.165, 1.54) is 12.2 Å². The molecule has 0 amide bonds. The van der Waals surface area contributed by atoms with Crippen molar-refractivity contribution in [3.8, 4) is 5.75 Å². The number of aldehydes is 1. The predicted molar refractivity (Wildman–Crippen MR) is 84.7 cm³/mol. The SMILES string of the molecule is C=C(/C=C\C=C\COc1ccc(C=O)cc1)/C=C/C(=O)Cl. The average molecular weight is 303 g/mol. The van der Waals surface area contributed by atoms with Crippen LogP contribution in [0.2, 0.25) is 0 Å². The number of allylic oxidation sites excluding steroid dienone is 6. The summed E-state index contributed by atoms with van der Waals surface area (Å²) in [5.41, 5.74) is 1.28. The number of carbonyl (C=O) groups is 2. The molecule has 21 heavy (non-hydrogen) atoms. The zero-order chi connectivity index (χ0) is 15.5. The van der Waals surface area contributed by atoms with Gasteiger partial charge < -0.3 is 4.74 Å². The molecular formula is C17H15ClO3. The normalized spacial score (nSPS) is 11.3. The van der Waals surface area contributed by atoms with Crippen molar-refractivity contribution in [1.82, 2.24) is 0 Å². The second-order valence-electron chi connectivity index (χ2n) is 4.00. The summed E-state index contributed by atoms with van der Waals surface area (Å²) in [6.07, 6.45) is 10.7. The maximum Gasteiger partial charge on any atom is 0.245 e. The number of hydrogen-bond acceptors (Lipinski definition) is 3. The van der Waals surface area contributed by atoms with Crippen LogP contribution in [0.25, 0.3) is 0 Å². The van der Waals surface area contributed by atoms with Gasteiger partial charge in [-0.1, -0.05) is 30.9 Å². The fourth-order valence-corrected chi connectivity index (χ4v) is 1.39. The van der Waals surface area contributed by atoms with Gasteiger partial charge in [0.15, 0.2) is 0 Å². The van der Waals surface area contributed by atoms with E-state index < -0.39 is 5.24 Å². The molecule has 0 fully saturated rings. The molecule has 0 radical (unpaired) electrons. The summed E-state index contributed by atoms with van der Waals surface area (Å²) in [4.78, 5) is 21.0. The number of hydrogen-bond donors (Lipinski definition) is 0. The zero-order valence-corrected chi connectivity index (χ0v) is 12.1. The molecule has 4 heteroatoms. The standard InChI is InChI=1S/C17H15ClO3/c1-14(6-11-17(18)20)5-3-2-4-12-21-16-9-7-15(13-19)8-10-16/h2-11,13H,1,12H2/b4-2+,5-3-,11-6+. The van der Waals surface area contributed by atoms with E-state index in [0.29, 0.717) is 23.5 Å². The van der Waals surface area contributed by atoms with Gasteiger partial charge in [-0.3, -0.25) is 9.59 Å². The van der Waals surface area contributed by atoms with Crippen LogP contribution in [0, 0.1) is 0 Å². The number of carbonyl (C=O) groups excluding carboxylic acids is 2. The van der Waals surface area contributed by atoms with Gasteiger partial charge >= 0.3 is 0 Å². The first-order valence-corrected chi connectivity index (χ1v) is 6.57. The lowest BCUT2D eigenvalue weighted by molar-refractivity contribution is -0.107. The van der Waals surface area contributed by atoms with Crippen molar-refractivity contribution in [3.63, 3.8) is 0 Å². The molecular weight excluding hydrogens is 288 g/mol. The monoisotopic (exact) mass is 302 g/mol. The third-order valence-corrected chi connectivity index (χ3v) is 2.47. The molecule has 1 rings (SSSR count). The Hall–Kier alpha value is -2.39. The zero-order valence-electron chi connectivity index (χ0n) is 11.4. The summed E-state index contributed by atoms with van der Waals surface area (Å²) >= 11 is 5.16. The van der Waals surface area contributed by atoms with Crippen LogP contribution in [-0.4, -0.2) is 18.1 Å². The van der Waals surface area contributed by atoms with Crippen molar-refractivity contribution in [1.29, 1.82) is 0 Å². The first kappa shape index (κ1) is 16.7. The Morgan fingerprint density at radius 3 is 2.48 bits per heavy atom. The van der Waals surface area contributed by atoms with E-state index in [-0.39, 0.29) is 0 Å². The van der Waals surface area contributed by atoms with Gasteiger partial charge in [0, 0.05) is 5.56 Å². The number of halogens is 1. The predicted octanol–water partition coefficient (Wildman–Crippen LogP) is 3.87. The van der Waals surface area contributed by atoms with Gasteiger partial charge in [-0.2, -0.15) is 0 Å². The van der Waals surface area contributed by atoms with Gasteiger partial charge in [0.25, 0.3) is 0 Å². The highest BCUT2D eigenvalue weighted by Gasteiger charge is 1.92. The van der Waals surface area contributed by atoms with Gasteiger partial charge in [-0.25, -0.2) is 0 Å². The molecule has 0 N–H and O–H groups in total. The Morgan fingerprint density at radius 1 is 1.14 bits per heavy atom. The van der Waals surface area contributed by atoms with Crippen LogP contribution in [0.3, 0.4) is 0 Å². The topological polar surface area (TPSA) is 43.4 Å². The molecule has 0 aliphatic rings. The van der Waals surface area contributed by atoms with Crippen LogP contribution < -0.4 is 4.74 Å². The van der Waals surface area contributed by atoms with Crippen molar-refractivity contribution in [2.75, 3.05) is 6.61 Å². The minimum atomic E-state index is -0.533. The van der Waals surface area contributed by atoms with E-state index in [4.69, 9.17) is 16.3 Å². The Balaban J connectivity index is 2.32. The third-order valence-electron chi connectivity index (χ3n) is 2.35. The van der Waals surface area contributed by atoms with Crippen molar-refractivity contribution in [2.45, 2.75) is 0 Å². The summed E-state index contributed by atoms with van der Waals surface area (Å²) in [6.45, 7) is 4.14. The number of ether oxygens (including phenoxy) is 1. The van der Waals surface area contributed by atoms with Gasteiger partial charge in [0.05, 0.1) is 0 Å². The van der Waals surface area contributed by atoms with Crippen LogP contribution in [0.4, 0.5) is 0 Å². The Morgan fingerprint density at radius 2 is 1.86 bits per heavy atom. The summed E-state index contributed by atoms with van der Waals surface area (Å²) < 4.78 is 5.46. The van der Waals surface area contributed by atoms with E-state index in [9.17, 15) is 9.59 Å². The molecule has 1 aromatic carbocycles. The first-order chi connectivity index (χ1) is 10.1. The minimum absolute atomic E-state index is 0.410. The van der Waals surface area contributed by atoms with Gasteiger partial charge in [-0.15, -0.1) is 0 Å². The lowest BCUT2D eigenvalue weighted by Gasteiger charge is -2.02. The van der Waals surface area contributed by atoms with Gasteiger partial charge in [-0.05, 0) is 53.6 Å². The van der Waals surface area contributed by atoms with Crippen LogP contribution in [0.1, 0.15) is 10.4 Å². The molecule has 1 aromatic rings. The smallest absolute Gasteiger partial charge is 0.245 e. The van der Waals surface area contributed by atoms with E-state index in [0.717, 1.165) is 6.29 Å². The molecule has 0 heterocycles. The molecule has 0 saturated carbocycles. The Labute approximate surface area is 128 Å². The van der Waals surface area contributed by atoms with Crippen LogP contribution in [-0.2, 0) is 4.79 Å². The first-order valence-electron chi connectivity index (χ1n) is 6.19. The van der Waals surface area contributed by atoms with Crippen LogP contribution in [0.15, 0.2) is 72.9 Å². The molecule has 3 nitrogen and oxygen atoms in total. The summed E-state index contributed by atoms with van der Waals surface area (Å²) in [6, 6.07) is 6.87. The highest BCUT2D eigenvalue weighted by atomic mass is 35.5. The van der Waals surface area contributed by atoms with E-state index >= 15 is 0 Å². The summed E-state index contributed by atoms with van der Waals surface area (Å²) in [5, 5.41) is -0.533. The van der Waals surface area contributed by atoms with Crippen LogP contribution in [0.5, 0.6) is 5.75 Å². The molecule has 0 atom stereocenters. The minimum Gasteiger partial charge on any atom is -0.490 e. The summed E-state index contributed by atoms with van der Waals surface area (Å²) in [5.74, 6) is 0.696. The molecule has 0 bridgehead atoms. The second-order valence-corrected chi connectivity index (χ2v) is 4.37. The second kappa shape index (κ2) is 9.50. The maximum absolute atomic E-state index is 10.5. The lowest BCUT2D eigenvalue weighted by atomic mass is 10.2. The van der Waals surface area contributed by atoms with Gasteiger partial charge in [0.2, 0.25) is 5.24 Å². The molecule has 0 spiro atoms. The number of benzene rings is 1. The van der Waals surface area contributed by atoms with Crippen molar-refractivity contribution in [3.05, 3.63) is 78.4 Å². The molecule has 0 unspecified atom stereocenters. The van der Waals surface area contributed by atoms with E-state index in [2.05, 4.69) is 6.58 Å². The van der Waals surface area contributed by atoms with Crippen molar-refractivity contribution in [2.24, 2.45) is 0 Å². The molecule has 0 aliphatic heterocycles. The fourth-order valence-electron chi connectivity index (χ4n) is 1.33. The van der Waals surface area contributed by atoms with E-state index in [1.807, 2.05) is 6.08 Å². The fraction of sp³-hybridized carbons (Fsp3) is 0.0588. The summed E-state index contributed by atoms with van der Waals surface area (Å²) in [7, 11) is 0. The Bertz CT molecular complexity index is 581. The maximum atomic E-state index is 10.5. The molecule has 0 saturated heterocycles. The van der Waals surface area contributed by atoms with Crippen molar-refractivity contribution >= 4 is 23.1 Å². The van der Waals surface area contributed by atoms with Crippen molar-refractivity contribution < 1.29 is 14.3 Å². The third kappa shape index (κ3) is 7.70. The van der Waals surface area contributed by atoms with Gasteiger partial charge in [0.1, 0.15) is 18.6 Å². The van der Waals surface area contributed by atoms with Crippen LogP contribution >= 0.6 is 11.6 Å². The Kier molecular flexibility index (Phi) is 7.54. The molecule has 108 valence electrons. The molecule has 0 aliphatic carbocycles. The quantitative estimate of drug-likeness (QED) is 0.317. The highest BCUT2D eigenvalue weighted by molar-refractivity contribution is 6.66. The van der Waals surface area contributed by atoms with E-state index in [1.54, 1.807) is 42.5 Å². The highest BCUT2D eigenvalue weighted by Crippen LogP contribution is 2.10. The molecule has 0 aromatic heterocycles. The average Bonchev–Trinajstić information content (AvgIpc) is 2.49. The lowest BCUT2D eigenvalue weighted by Crippen LogP contribution is -1.93. The largest absolute Gasteiger partial charge is 0.490 e.